The van der Waals surface area contributed by atoms with Crippen LogP contribution in [0.15, 0.2) is 48.5 Å². The first-order valence-corrected chi connectivity index (χ1v) is 13.3. The van der Waals surface area contributed by atoms with E-state index >= 15 is 0 Å². The lowest BCUT2D eigenvalue weighted by Crippen LogP contribution is -2.60. The summed E-state index contributed by atoms with van der Waals surface area (Å²) in [5, 5.41) is 2.70. The Labute approximate surface area is 225 Å². The van der Waals surface area contributed by atoms with Crippen LogP contribution in [0.2, 0.25) is 0 Å². The first-order chi connectivity index (χ1) is 18.6. The highest BCUT2D eigenvalue weighted by Gasteiger charge is 2.54. The van der Waals surface area contributed by atoms with E-state index in [-0.39, 0.29) is 30.9 Å². The van der Waals surface area contributed by atoms with Crippen LogP contribution < -0.4 is 5.32 Å². The lowest BCUT2D eigenvalue weighted by atomic mass is 9.83. The Morgan fingerprint density at radius 2 is 1.77 bits per heavy atom. The largest absolute Gasteiger partial charge is 0.416 e. The van der Waals surface area contributed by atoms with Gasteiger partial charge in [-0.15, -0.1) is 0 Å². The van der Waals surface area contributed by atoms with Gasteiger partial charge in [-0.05, 0) is 49.1 Å². The highest BCUT2D eigenvalue weighted by atomic mass is 19.4. The topological polar surface area (TPSA) is 79.0 Å². The number of hydrogen-bond acceptors (Lipinski definition) is 4. The summed E-state index contributed by atoms with van der Waals surface area (Å²) in [7, 11) is 0. The van der Waals surface area contributed by atoms with Gasteiger partial charge in [0.05, 0.1) is 12.2 Å². The van der Waals surface area contributed by atoms with Crippen LogP contribution in [0.5, 0.6) is 0 Å². The molecular formula is C29H32F3N3O4. The number of nitrogens with zero attached hydrogens (tertiary/aromatic N) is 2. The van der Waals surface area contributed by atoms with Crippen molar-refractivity contribution in [2.45, 2.75) is 63.5 Å². The van der Waals surface area contributed by atoms with Gasteiger partial charge < -0.3 is 15.0 Å². The summed E-state index contributed by atoms with van der Waals surface area (Å²) in [5.41, 5.74) is -0.340. The van der Waals surface area contributed by atoms with E-state index in [2.05, 4.69) is 5.32 Å². The number of nitrogens with one attached hydrogen (secondary N) is 1. The molecule has 1 saturated carbocycles. The smallest absolute Gasteiger partial charge is 0.353 e. The standard InChI is InChI=1S/C29H32F3N3O4/c1-19-6-2-3-11-23(19)27(38)35-24(25(36)33-17-20-7-4-10-22(16-20)29(30,31)32)18-39-28(35)12-14-34(15-13-28)26(37)21-8-5-9-21/h2-4,6-7,10-11,16,21,24H,5,8-9,12-15,17-18H2,1H3,(H,33,36). The Morgan fingerprint density at radius 3 is 2.41 bits per heavy atom. The maximum atomic E-state index is 13.9. The van der Waals surface area contributed by atoms with Gasteiger partial charge in [-0.25, -0.2) is 0 Å². The summed E-state index contributed by atoms with van der Waals surface area (Å²) in [5.74, 6) is -0.633. The molecule has 7 nitrogen and oxygen atoms in total. The molecule has 2 aromatic rings. The molecule has 2 heterocycles. The van der Waals surface area contributed by atoms with Gasteiger partial charge in [0.1, 0.15) is 11.8 Å². The fraction of sp³-hybridized carbons (Fsp3) is 0.483. The minimum Gasteiger partial charge on any atom is -0.353 e. The molecule has 1 unspecified atom stereocenters. The molecule has 208 valence electrons. The zero-order valence-electron chi connectivity index (χ0n) is 21.8. The Morgan fingerprint density at radius 1 is 1.05 bits per heavy atom. The number of likely N-dealkylation sites (tertiary alicyclic amines) is 1. The van der Waals surface area contributed by atoms with Crippen LogP contribution in [0.3, 0.4) is 0 Å². The summed E-state index contributed by atoms with van der Waals surface area (Å²) in [4.78, 5) is 43.5. The third-order valence-electron chi connectivity index (χ3n) is 8.19. The van der Waals surface area contributed by atoms with Crippen molar-refractivity contribution in [1.82, 2.24) is 15.1 Å². The molecule has 0 radical (unpaired) electrons. The van der Waals surface area contributed by atoms with Crippen molar-refractivity contribution in [1.29, 1.82) is 0 Å². The maximum absolute atomic E-state index is 13.9. The second-order valence-corrected chi connectivity index (χ2v) is 10.6. The van der Waals surface area contributed by atoms with Crippen LogP contribution in [0.25, 0.3) is 0 Å². The predicted molar refractivity (Wildman–Crippen MR) is 136 cm³/mol. The number of piperidine rings is 1. The third-order valence-corrected chi connectivity index (χ3v) is 8.19. The summed E-state index contributed by atoms with van der Waals surface area (Å²) >= 11 is 0. The normalized spacial score (nSPS) is 21.1. The second-order valence-electron chi connectivity index (χ2n) is 10.6. The fourth-order valence-electron chi connectivity index (χ4n) is 5.66. The molecule has 1 atom stereocenters. The highest BCUT2D eigenvalue weighted by Crippen LogP contribution is 2.40. The van der Waals surface area contributed by atoms with Gasteiger partial charge in [0.2, 0.25) is 11.8 Å². The lowest BCUT2D eigenvalue weighted by molar-refractivity contribution is -0.149. The molecule has 10 heteroatoms. The molecule has 39 heavy (non-hydrogen) atoms. The van der Waals surface area contributed by atoms with E-state index in [0.29, 0.717) is 37.1 Å². The van der Waals surface area contributed by atoms with Gasteiger partial charge in [-0.3, -0.25) is 19.3 Å². The van der Waals surface area contributed by atoms with Crippen LogP contribution in [0, 0.1) is 12.8 Å². The molecule has 1 N–H and O–H groups in total. The molecule has 1 aliphatic carbocycles. The number of benzene rings is 2. The van der Waals surface area contributed by atoms with Crippen molar-refractivity contribution >= 4 is 17.7 Å². The van der Waals surface area contributed by atoms with Crippen LogP contribution in [0.1, 0.15) is 59.2 Å². The van der Waals surface area contributed by atoms with Crippen molar-refractivity contribution in [2.24, 2.45) is 5.92 Å². The number of hydrogen-bond donors (Lipinski definition) is 1. The first-order valence-electron chi connectivity index (χ1n) is 13.3. The quantitative estimate of drug-likeness (QED) is 0.611. The maximum Gasteiger partial charge on any atom is 0.416 e. The number of carbonyl (C=O) groups is 3. The minimum atomic E-state index is -4.49. The molecule has 3 fully saturated rings. The van der Waals surface area contributed by atoms with E-state index in [1.807, 2.05) is 24.0 Å². The molecule has 3 amide bonds. The van der Waals surface area contributed by atoms with Crippen molar-refractivity contribution in [2.75, 3.05) is 19.7 Å². The van der Waals surface area contributed by atoms with E-state index in [0.717, 1.165) is 37.0 Å². The molecule has 2 aliphatic heterocycles. The van der Waals surface area contributed by atoms with Crippen molar-refractivity contribution in [3.63, 3.8) is 0 Å². The number of amides is 3. The van der Waals surface area contributed by atoms with Crippen LogP contribution in [0.4, 0.5) is 13.2 Å². The first kappa shape index (κ1) is 27.2. The fourth-order valence-corrected chi connectivity index (χ4v) is 5.66. The molecule has 5 rings (SSSR count). The third kappa shape index (κ3) is 5.39. The number of carbonyl (C=O) groups excluding carboxylic acids is 3. The van der Waals surface area contributed by atoms with Gasteiger partial charge in [-0.1, -0.05) is 36.8 Å². The number of halogens is 3. The van der Waals surface area contributed by atoms with E-state index in [9.17, 15) is 27.6 Å². The SMILES string of the molecule is Cc1ccccc1C(=O)N1C(C(=O)NCc2cccc(C(F)(F)F)c2)COC12CCN(C(=O)C1CCC1)CC2. The summed E-state index contributed by atoms with van der Waals surface area (Å²) in [6.45, 7) is 2.50. The van der Waals surface area contributed by atoms with Crippen LogP contribution in [-0.4, -0.2) is 59.0 Å². The summed E-state index contributed by atoms with van der Waals surface area (Å²) in [6, 6.07) is 10.9. The van der Waals surface area contributed by atoms with Crippen molar-refractivity contribution < 1.29 is 32.3 Å². The molecule has 3 aliphatic rings. The monoisotopic (exact) mass is 543 g/mol. The molecule has 1 spiro atoms. The zero-order valence-corrected chi connectivity index (χ0v) is 21.8. The minimum absolute atomic E-state index is 0.0391. The number of ether oxygens (including phenoxy) is 1. The number of rotatable bonds is 5. The van der Waals surface area contributed by atoms with Gasteiger partial charge >= 0.3 is 6.18 Å². The van der Waals surface area contributed by atoms with Crippen LogP contribution >= 0.6 is 0 Å². The number of aryl methyl sites for hydroxylation is 1. The average molecular weight is 544 g/mol. The van der Waals surface area contributed by atoms with Crippen molar-refractivity contribution in [3.05, 3.63) is 70.8 Å². The molecular weight excluding hydrogens is 511 g/mol. The molecule has 2 saturated heterocycles. The van der Waals surface area contributed by atoms with Gasteiger partial charge in [-0.2, -0.15) is 13.2 Å². The molecule has 0 bridgehead atoms. The Bertz CT molecular complexity index is 1250. The lowest BCUT2D eigenvalue weighted by Gasteiger charge is -2.45. The Kier molecular flexibility index (Phi) is 7.41. The average Bonchev–Trinajstić information content (AvgIpc) is 3.24. The molecule has 0 aromatic heterocycles. The summed E-state index contributed by atoms with van der Waals surface area (Å²) in [6.07, 6.45) is -0.863. The zero-order chi connectivity index (χ0) is 27.8. The number of alkyl halides is 3. The van der Waals surface area contributed by atoms with E-state index < -0.39 is 29.4 Å². The van der Waals surface area contributed by atoms with Gasteiger partial charge in [0.15, 0.2) is 0 Å². The Balaban J connectivity index is 1.35. The Hall–Kier alpha value is -3.40. The highest BCUT2D eigenvalue weighted by molar-refractivity contribution is 5.99. The van der Waals surface area contributed by atoms with Crippen molar-refractivity contribution in [3.8, 4) is 0 Å². The second kappa shape index (κ2) is 10.6. The van der Waals surface area contributed by atoms with E-state index in [1.165, 1.54) is 17.0 Å². The van der Waals surface area contributed by atoms with Crippen LogP contribution in [-0.2, 0) is 27.0 Å². The van der Waals surface area contributed by atoms with E-state index in [4.69, 9.17) is 4.74 Å². The van der Waals surface area contributed by atoms with E-state index in [1.54, 1.807) is 12.1 Å². The molecule has 2 aromatic carbocycles. The summed E-state index contributed by atoms with van der Waals surface area (Å²) < 4.78 is 45.6. The van der Waals surface area contributed by atoms with Gasteiger partial charge in [0, 0.05) is 44.0 Å². The predicted octanol–water partition coefficient (Wildman–Crippen LogP) is 4.29. The van der Waals surface area contributed by atoms with Gasteiger partial charge in [0.25, 0.3) is 5.91 Å².